The van der Waals surface area contributed by atoms with Gasteiger partial charge in [0.15, 0.2) is 5.58 Å². The molecule has 2 aromatic carbocycles. The molecule has 1 aromatic heterocycles. The summed E-state index contributed by atoms with van der Waals surface area (Å²) < 4.78 is 45.5. The zero-order valence-electron chi connectivity index (χ0n) is 19.3. The molecule has 0 radical (unpaired) electrons. The lowest BCUT2D eigenvalue weighted by atomic mass is 10.0. The predicted octanol–water partition coefficient (Wildman–Crippen LogP) is 3.48. The fourth-order valence-corrected chi connectivity index (χ4v) is 4.39. The third-order valence-corrected chi connectivity index (χ3v) is 6.13. The van der Waals surface area contributed by atoms with Crippen LogP contribution in [0.1, 0.15) is 31.0 Å². The number of hydrogen-bond donors (Lipinski definition) is 1. The van der Waals surface area contributed by atoms with Gasteiger partial charge in [0.1, 0.15) is 0 Å². The van der Waals surface area contributed by atoms with Gasteiger partial charge in [-0.2, -0.15) is 13.2 Å². The molecule has 186 valence electrons. The molecule has 1 aliphatic rings. The molecule has 0 saturated carbocycles. The molecule has 4 rings (SSSR count). The van der Waals surface area contributed by atoms with Gasteiger partial charge in [0.2, 0.25) is 11.8 Å². The van der Waals surface area contributed by atoms with Crippen LogP contribution < -0.4 is 11.1 Å². The molecule has 3 aromatic rings. The van der Waals surface area contributed by atoms with Gasteiger partial charge in [0.25, 0.3) is 0 Å². The number of anilines is 1. The number of oxazole rings is 1. The molecule has 8 nitrogen and oxygen atoms in total. The van der Waals surface area contributed by atoms with Crippen LogP contribution in [0.15, 0.2) is 51.7 Å². The van der Waals surface area contributed by atoms with Crippen molar-refractivity contribution in [1.82, 2.24) is 14.4 Å². The summed E-state index contributed by atoms with van der Waals surface area (Å²) in [6, 6.07) is 9.23. The second kappa shape index (κ2) is 9.57. The quantitative estimate of drug-likeness (QED) is 0.592. The predicted molar refractivity (Wildman–Crippen MR) is 123 cm³/mol. The van der Waals surface area contributed by atoms with Crippen molar-refractivity contribution in [1.29, 1.82) is 0 Å². The van der Waals surface area contributed by atoms with E-state index in [1.807, 2.05) is 11.8 Å². The summed E-state index contributed by atoms with van der Waals surface area (Å²) in [7, 11) is 0. The molecule has 1 atom stereocenters. The Labute approximate surface area is 198 Å². The Bertz CT molecular complexity index is 1300. The van der Waals surface area contributed by atoms with Crippen LogP contribution in [0.3, 0.4) is 0 Å². The minimum atomic E-state index is -4.44. The van der Waals surface area contributed by atoms with E-state index in [4.69, 9.17) is 4.42 Å². The van der Waals surface area contributed by atoms with Crippen LogP contribution in [0.5, 0.6) is 0 Å². The van der Waals surface area contributed by atoms with Gasteiger partial charge in [-0.1, -0.05) is 12.1 Å². The van der Waals surface area contributed by atoms with E-state index < -0.39 is 23.5 Å². The van der Waals surface area contributed by atoms with Gasteiger partial charge in [-0.15, -0.1) is 0 Å². The number of amides is 2. The molecule has 1 saturated heterocycles. The number of aromatic nitrogens is 1. The summed E-state index contributed by atoms with van der Waals surface area (Å²) in [5.41, 5.74) is 1.28. The van der Waals surface area contributed by atoms with Crippen molar-refractivity contribution < 1.29 is 27.2 Å². The van der Waals surface area contributed by atoms with Gasteiger partial charge < -0.3 is 14.6 Å². The minimum Gasteiger partial charge on any atom is -0.408 e. The summed E-state index contributed by atoms with van der Waals surface area (Å²) in [5, 5.41) is 2.78. The number of alkyl halides is 3. The van der Waals surface area contributed by atoms with Gasteiger partial charge in [-0.25, -0.2) is 4.79 Å². The first kappa shape index (κ1) is 24.5. The summed E-state index contributed by atoms with van der Waals surface area (Å²) in [6.07, 6.45) is -4.44. The molecule has 1 aliphatic heterocycles. The number of rotatable bonds is 5. The minimum absolute atomic E-state index is 0.0286. The number of nitrogens with zero attached hydrogens (tertiary/aromatic N) is 3. The van der Waals surface area contributed by atoms with E-state index >= 15 is 0 Å². The fourth-order valence-electron chi connectivity index (χ4n) is 4.39. The highest BCUT2D eigenvalue weighted by Gasteiger charge is 2.33. The fraction of sp³-hybridized carbons (Fsp3) is 0.375. The number of halogens is 3. The summed E-state index contributed by atoms with van der Waals surface area (Å²) in [5.74, 6) is -0.958. The third-order valence-electron chi connectivity index (χ3n) is 6.13. The smallest absolute Gasteiger partial charge is 0.408 e. The monoisotopic (exact) mass is 490 g/mol. The second-order valence-electron chi connectivity index (χ2n) is 8.43. The van der Waals surface area contributed by atoms with Crippen LogP contribution in [0, 0.1) is 0 Å². The molecule has 1 N–H and O–H groups in total. The van der Waals surface area contributed by atoms with Crippen LogP contribution in [0.25, 0.3) is 11.1 Å². The number of hydrogen-bond acceptors (Lipinski definition) is 5. The van der Waals surface area contributed by atoms with Crippen molar-refractivity contribution in [2.45, 2.75) is 32.6 Å². The van der Waals surface area contributed by atoms with E-state index in [1.54, 1.807) is 23.1 Å². The Kier molecular flexibility index (Phi) is 6.70. The van der Waals surface area contributed by atoms with Crippen LogP contribution in [0.4, 0.5) is 18.9 Å². The van der Waals surface area contributed by atoms with Crippen molar-refractivity contribution in [3.05, 3.63) is 64.1 Å². The zero-order valence-corrected chi connectivity index (χ0v) is 19.3. The van der Waals surface area contributed by atoms with Crippen LogP contribution in [-0.4, -0.2) is 52.4 Å². The standard InChI is InChI=1S/C24H25F3N4O4/c1-3-30-19-9-8-18(12-21(19)35-23(30)34)28-22(33)14-29-10-11-31(15(2)32)20(13-29)16-4-6-17(7-5-16)24(25,26)27/h4-9,12,20H,3,10-11,13-14H2,1-2H3,(H,28,33)/t20-/m1/s1. The molecule has 0 spiro atoms. The number of carbonyl (C=O) groups excluding carboxylic acids is 2. The lowest BCUT2D eigenvalue weighted by Crippen LogP contribution is -2.51. The van der Waals surface area contributed by atoms with Crippen LogP contribution >= 0.6 is 0 Å². The molecule has 0 bridgehead atoms. The molecule has 0 aliphatic carbocycles. The van der Waals surface area contributed by atoms with E-state index in [9.17, 15) is 27.6 Å². The highest BCUT2D eigenvalue weighted by atomic mass is 19.4. The number of nitrogens with one attached hydrogen (secondary N) is 1. The Hall–Kier alpha value is -3.60. The highest BCUT2D eigenvalue weighted by molar-refractivity contribution is 5.94. The number of carbonyl (C=O) groups is 2. The Morgan fingerprint density at radius 2 is 1.83 bits per heavy atom. The van der Waals surface area contributed by atoms with Gasteiger partial charge in [-0.05, 0) is 36.8 Å². The van der Waals surface area contributed by atoms with Crippen molar-refractivity contribution in [3.63, 3.8) is 0 Å². The van der Waals surface area contributed by atoms with Crippen molar-refractivity contribution in [3.8, 4) is 0 Å². The second-order valence-corrected chi connectivity index (χ2v) is 8.43. The van der Waals surface area contributed by atoms with Gasteiger partial charge >= 0.3 is 11.9 Å². The molecular weight excluding hydrogens is 465 g/mol. The number of aryl methyl sites for hydroxylation is 1. The third kappa shape index (κ3) is 5.24. The average Bonchev–Trinajstić information content (AvgIpc) is 3.12. The lowest BCUT2D eigenvalue weighted by Gasteiger charge is -2.41. The largest absolute Gasteiger partial charge is 0.419 e. The number of fused-ring (bicyclic) bond motifs is 1. The Morgan fingerprint density at radius 1 is 1.11 bits per heavy atom. The van der Waals surface area contributed by atoms with E-state index in [0.717, 1.165) is 12.1 Å². The van der Waals surface area contributed by atoms with E-state index in [2.05, 4.69) is 5.32 Å². The summed E-state index contributed by atoms with van der Waals surface area (Å²) in [6.45, 7) is 4.82. The maximum absolute atomic E-state index is 12.9. The maximum atomic E-state index is 12.9. The van der Waals surface area contributed by atoms with Crippen molar-refractivity contribution >= 4 is 28.6 Å². The molecular formula is C24H25F3N4O4. The molecule has 35 heavy (non-hydrogen) atoms. The van der Waals surface area contributed by atoms with Crippen molar-refractivity contribution in [2.24, 2.45) is 0 Å². The average molecular weight is 490 g/mol. The van der Waals surface area contributed by atoms with E-state index in [0.29, 0.717) is 48.5 Å². The van der Waals surface area contributed by atoms with Crippen LogP contribution in [-0.2, 0) is 22.3 Å². The van der Waals surface area contributed by atoms with E-state index in [-0.39, 0.29) is 18.4 Å². The molecule has 11 heteroatoms. The van der Waals surface area contributed by atoms with E-state index in [1.165, 1.54) is 23.6 Å². The first-order chi connectivity index (χ1) is 16.6. The number of benzene rings is 2. The normalized spacial score (nSPS) is 17.1. The zero-order chi connectivity index (χ0) is 25.3. The SMILES string of the molecule is CCn1c(=O)oc2cc(NC(=O)CN3CCN(C(C)=O)[C@@H](c4ccc(C(F)(F)F)cc4)C3)ccc21. The topological polar surface area (TPSA) is 87.8 Å². The summed E-state index contributed by atoms with van der Waals surface area (Å²) >= 11 is 0. The first-order valence-electron chi connectivity index (χ1n) is 11.2. The van der Waals surface area contributed by atoms with Gasteiger partial charge in [0.05, 0.1) is 23.7 Å². The molecule has 2 heterocycles. The molecule has 2 amide bonds. The Balaban J connectivity index is 1.45. The van der Waals surface area contributed by atoms with Gasteiger partial charge in [-0.3, -0.25) is 19.1 Å². The van der Waals surface area contributed by atoms with Gasteiger partial charge in [0, 0.05) is 44.9 Å². The van der Waals surface area contributed by atoms with Crippen LogP contribution in [0.2, 0.25) is 0 Å². The lowest BCUT2D eigenvalue weighted by molar-refractivity contribution is -0.138. The molecule has 0 unspecified atom stereocenters. The Morgan fingerprint density at radius 3 is 2.46 bits per heavy atom. The first-order valence-corrected chi connectivity index (χ1v) is 11.2. The highest BCUT2D eigenvalue weighted by Crippen LogP contribution is 2.32. The maximum Gasteiger partial charge on any atom is 0.419 e. The number of piperazine rings is 1. The van der Waals surface area contributed by atoms with Crippen molar-refractivity contribution in [2.75, 3.05) is 31.5 Å². The summed E-state index contributed by atoms with van der Waals surface area (Å²) in [4.78, 5) is 40.2. The molecule has 1 fully saturated rings.